The summed E-state index contributed by atoms with van der Waals surface area (Å²) >= 11 is 0. The second-order valence-corrected chi connectivity index (χ2v) is 6.42. The Hall–Kier alpha value is -0.820. The average molecular weight is 257 g/mol. The molecule has 0 heterocycles. The molecule has 3 unspecified atom stereocenters. The van der Waals surface area contributed by atoms with Crippen molar-refractivity contribution in [1.29, 1.82) is 0 Å². The van der Waals surface area contributed by atoms with Crippen molar-refractivity contribution in [3.63, 3.8) is 0 Å². The molecule has 2 aliphatic rings. The van der Waals surface area contributed by atoms with E-state index in [-0.39, 0.29) is 0 Å². The fraction of sp³-hybridized carbons (Fsp3) is 0.667. The predicted molar refractivity (Wildman–Crippen MR) is 81.3 cm³/mol. The van der Waals surface area contributed by atoms with E-state index in [1.54, 1.807) is 11.1 Å². The SMILES string of the molecule is CCNC(CC)C1C2CCC1Cc1ccccc1C2. The third-order valence-corrected chi connectivity index (χ3v) is 5.45. The number of benzene rings is 1. The minimum atomic E-state index is 0.733. The van der Waals surface area contributed by atoms with E-state index in [9.17, 15) is 0 Å². The Morgan fingerprint density at radius 3 is 2.11 bits per heavy atom. The van der Waals surface area contributed by atoms with Crippen LogP contribution in [0.1, 0.15) is 44.2 Å². The normalized spacial score (nSPS) is 30.7. The molecule has 0 saturated heterocycles. The van der Waals surface area contributed by atoms with Crippen LogP contribution in [0.3, 0.4) is 0 Å². The van der Waals surface area contributed by atoms with E-state index in [1.165, 1.54) is 32.1 Å². The number of rotatable bonds is 4. The summed E-state index contributed by atoms with van der Waals surface area (Å²) in [7, 11) is 0. The van der Waals surface area contributed by atoms with Crippen LogP contribution >= 0.6 is 0 Å². The van der Waals surface area contributed by atoms with Crippen LogP contribution in [0.4, 0.5) is 0 Å². The molecular weight excluding hydrogens is 230 g/mol. The molecule has 2 aliphatic carbocycles. The lowest BCUT2D eigenvalue weighted by molar-refractivity contribution is 0.227. The number of nitrogens with one attached hydrogen (secondary N) is 1. The maximum atomic E-state index is 3.76. The maximum absolute atomic E-state index is 3.76. The van der Waals surface area contributed by atoms with Crippen LogP contribution < -0.4 is 5.32 Å². The van der Waals surface area contributed by atoms with Crippen molar-refractivity contribution in [2.24, 2.45) is 17.8 Å². The Morgan fingerprint density at radius 1 is 1.05 bits per heavy atom. The Kier molecular flexibility index (Phi) is 3.93. The molecule has 1 heteroatoms. The molecule has 3 atom stereocenters. The highest BCUT2D eigenvalue weighted by Gasteiger charge is 2.41. The van der Waals surface area contributed by atoms with Crippen LogP contribution in [-0.4, -0.2) is 12.6 Å². The van der Waals surface area contributed by atoms with Crippen molar-refractivity contribution in [3.05, 3.63) is 35.4 Å². The second kappa shape index (κ2) is 5.66. The molecule has 1 aromatic carbocycles. The standard InChI is InChI=1S/C18H27N/c1-3-17(19-4-2)18-15-9-10-16(18)12-14-8-6-5-7-13(14)11-15/h5-8,15-19H,3-4,9-12H2,1-2H3. The summed E-state index contributed by atoms with van der Waals surface area (Å²) in [6.45, 7) is 5.71. The summed E-state index contributed by atoms with van der Waals surface area (Å²) < 4.78 is 0. The van der Waals surface area contributed by atoms with Gasteiger partial charge in [0.2, 0.25) is 0 Å². The molecule has 104 valence electrons. The van der Waals surface area contributed by atoms with Gasteiger partial charge in [0, 0.05) is 6.04 Å². The Balaban J connectivity index is 1.86. The van der Waals surface area contributed by atoms with Gasteiger partial charge in [0.25, 0.3) is 0 Å². The molecule has 2 bridgehead atoms. The molecule has 1 saturated carbocycles. The van der Waals surface area contributed by atoms with Gasteiger partial charge in [-0.2, -0.15) is 0 Å². The molecule has 1 aromatic rings. The van der Waals surface area contributed by atoms with E-state index in [0.717, 1.165) is 30.3 Å². The first-order chi connectivity index (χ1) is 9.33. The van der Waals surface area contributed by atoms with Crippen molar-refractivity contribution in [2.45, 2.75) is 52.0 Å². The van der Waals surface area contributed by atoms with Gasteiger partial charge in [0.15, 0.2) is 0 Å². The topological polar surface area (TPSA) is 12.0 Å². The van der Waals surface area contributed by atoms with Crippen molar-refractivity contribution in [3.8, 4) is 0 Å². The lowest BCUT2D eigenvalue weighted by Gasteiger charge is -2.31. The van der Waals surface area contributed by atoms with E-state index < -0.39 is 0 Å². The first kappa shape index (κ1) is 13.2. The smallest absolute Gasteiger partial charge is 0.00981 e. The fourth-order valence-electron chi connectivity index (χ4n) is 4.67. The van der Waals surface area contributed by atoms with Crippen LogP contribution in [-0.2, 0) is 12.8 Å². The molecule has 0 aromatic heterocycles. The maximum Gasteiger partial charge on any atom is 0.00981 e. The van der Waals surface area contributed by atoms with Crippen LogP contribution in [0.2, 0.25) is 0 Å². The highest BCUT2D eigenvalue weighted by molar-refractivity contribution is 5.30. The molecule has 0 radical (unpaired) electrons. The van der Waals surface area contributed by atoms with Gasteiger partial charge in [-0.05, 0) is 67.5 Å². The van der Waals surface area contributed by atoms with E-state index >= 15 is 0 Å². The second-order valence-electron chi connectivity index (χ2n) is 6.42. The predicted octanol–water partition coefficient (Wildman–Crippen LogP) is 3.82. The van der Waals surface area contributed by atoms with Gasteiger partial charge in [0.1, 0.15) is 0 Å². The number of hydrogen-bond donors (Lipinski definition) is 1. The Bertz CT molecular complexity index is 392. The molecule has 1 N–H and O–H groups in total. The van der Waals surface area contributed by atoms with E-state index in [1.807, 2.05) is 0 Å². The highest BCUT2D eigenvalue weighted by Crippen LogP contribution is 2.46. The van der Waals surface area contributed by atoms with Gasteiger partial charge in [-0.15, -0.1) is 0 Å². The monoisotopic (exact) mass is 257 g/mol. The van der Waals surface area contributed by atoms with Crippen molar-refractivity contribution < 1.29 is 0 Å². The highest BCUT2D eigenvalue weighted by atomic mass is 14.9. The zero-order chi connectivity index (χ0) is 13.2. The summed E-state index contributed by atoms with van der Waals surface area (Å²) in [5, 5.41) is 3.76. The van der Waals surface area contributed by atoms with E-state index in [0.29, 0.717) is 0 Å². The van der Waals surface area contributed by atoms with Crippen molar-refractivity contribution >= 4 is 0 Å². The molecule has 0 amide bonds. The summed E-state index contributed by atoms with van der Waals surface area (Å²) in [6, 6.07) is 9.89. The lowest BCUT2D eigenvalue weighted by Crippen LogP contribution is -2.40. The number of fused-ring (bicyclic) bond motifs is 3. The van der Waals surface area contributed by atoms with Crippen LogP contribution in [0, 0.1) is 17.8 Å². The quantitative estimate of drug-likeness (QED) is 0.864. The third-order valence-electron chi connectivity index (χ3n) is 5.45. The van der Waals surface area contributed by atoms with Gasteiger partial charge in [-0.3, -0.25) is 0 Å². The third kappa shape index (κ3) is 2.45. The summed E-state index contributed by atoms with van der Waals surface area (Å²) in [5.41, 5.74) is 3.26. The largest absolute Gasteiger partial charge is 0.314 e. The minimum absolute atomic E-state index is 0.733. The fourth-order valence-corrected chi connectivity index (χ4v) is 4.67. The van der Waals surface area contributed by atoms with Gasteiger partial charge >= 0.3 is 0 Å². The molecule has 1 nitrogen and oxygen atoms in total. The zero-order valence-electron chi connectivity index (χ0n) is 12.4. The number of hydrogen-bond acceptors (Lipinski definition) is 1. The summed E-state index contributed by atoms with van der Waals surface area (Å²) in [5.74, 6) is 2.73. The van der Waals surface area contributed by atoms with Crippen molar-refractivity contribution in [1.82, 2.24) is 5.32 Å². The first-order valence-electron chi connectivity index (χ1n) is 8.13. The first-order valence-corrected chi connectivity index (χ1v) is 8.13. The average Bonchev–Trinajstić information content (AvgIpc) is 2.71. The van der Waals surface area contributed by atoms with Gasteiger partial charge < -0.3 is 5.32 Å². The summed E-state index contributed by atoms with van der Waals surface area (Å²) in [4.78, 5) is 0. The van der Waals surface area contributed by atoms with Gasteiger partial charge in [-0.25, -0.2) is 0 Å². The molecule has 0 spiro atoms. The Labute approximate surface area is 117 Å². The van der Waals surface area contributed by atoms with E-state index in [2.05, 4.69) is 43.4 Å². The van der Waals surface area contributed by atoms with Crippen LogP contribution in [0.5, 0.6) is 0 Å². The molecule has 3 rings (SSSR count). The molecule has 1 fully saturated rings. The van der Waals surface area contributed by atoms with Gasteiger partial charge in [0.05, 0.1) is 0 Å². The van der Waals surface area contributed by atoms with Crippen LogP contribution in [0.25, 0.3) is 0 Å². The van der Waals surface area contributed by atoms with E-state index in [4.69, 9.17) is 0 Å². The van der Waals surface area contributed by atoms with Crippen molar-refractivity contribution in [2.75, 3.05) is 6.54 Å². The molecule has 19 heavy (non-hydrogen) atoms. The molecular formula is C18H27N. The van der Waals surface area contributed by atoms with Crippen LogP contribution in [0.15, 0.2) is 24.3 Å². The molecule has 0 aliphatic heterocycles. The lowest BCUT2D eigenvalue weighted by atomic mass is 9.80. The Morgan fingerprint density at radius 2 is 1.63 bits per heavy atom. The van der Waals surface area contributed by atoms with Gasteiger partial charge in [-0.1, -0.05) is 38.1 Å². The minimum Gasteiger partial charge on any atom is -0.314 e. The zero-order valence-corrected chi connectivity index (χ0v) is 12.4. The summed E-state index contributed by atoms with van der Waals surface area (Å²) in [6.07, 6.45) is 6.82.